The number of carboxylic acids is 1. The molecule has 170 valence electrons. The average Bonchev–Trinajstić information content (AvgIpc) is 2.74. The SMILES string of the molecule is CNC(=O)Sc1ccccc1CC(=O)N(COC(C)=O)C1=C(C(=O)O)N2C(=O)CC2SC1. The highest BCUT2D eigenvalue weighted by Gasteiger charge is 2.47. The smallest absolute Gasteiger partial charge is 0.354 e. The molecule has 32 heavy (non-hydrogen) atoms. The molecule has 1 aromatic carbocycles. The van der Waals surface area contributed by atoms with Gasteiger partial charge in [0.05, 0.1) is 23.9 Å². The highest BCUT2D eigenvalue weighted by molar-refractivity contribution is 8.13. The van der Waals surface area contributed by atoms with E-state index >= 15 is 0 Å². The Morgan fingerprint density at radius 3 is 2.66 bits per heavy atom. The molecule has 1 saturated heterocycles. The van der Waals surface area contributed by atoms with Crippen molar-refractivity contribution in [1.82, 2.24) is 15.1 Å². The molecule has 0 aliphatic carbocycles. The number of thioether (sulfide) groups is 2. The Morgan fingerprint density at radius 2 is 2.03 bits per heavy atom. The fraction of sp³-hybridized carbons (Fsp3) is 0.350. The fourth-order valence-corrected chi connectivity index (χ4v) is 5.21. The van der Waals surface area contributed by atoms with Crippen molar-refractivity contribution in [3.63, 3.8) is 0 Å². The molecule has 10 nitrogen and oxygen atoms in total. The molecule has 2 heterocycles. The van der Waals surface area contributed by atoms with E-state index in [-0.39, 0.29) is 46.5 Å². The molecular weight excluding hydrogens is 458 g/mol. The van der Waals surface area contributed by atoms with Gasteiger partial charge in [-0.25, -0.2) is 4.79 Å². The van der Waals surface area contributed by atoms with E-state index in [1.807, 2.05) is 0 Å². The molecule has 1 atom stereocenters. The third-order valence-corrected chi connectivity index (χ3v) is 6.99. The lowest BCUT2D eigenvalue weighted by atomic mass is 10.1. The number of fused-ring (bicyclic) bond motifs is 1. The first kappa shape index (κ1) is 23.7. The lowest BCUT2D eigenvalue weighted by Gasteiger charge is -2.45. The summed E-state index contributed by atoms with van der Waals surface area (Å²) in [6.07, 6.45) is 0.0661. The van der Waals surface area contributed by atoms with Crippen LogP contribution in [0.25, 0.3) is 0 Å². The van der Waals surface area contributed by atoms with Gasteiger partial charge in [-0.1, -0.05) is 18.2 Å². The lowest BCUT2D eigenvalue weighted by molar-refractivity contribution is -0.150. The van der Waals surface area contributed by atoms with Crippen molar-refractivity contribution >= 4 is 52.5 Å². The molecule has 0 aromatic heterocycles. The van der Waals surface area contributed by atoms with Crippen molar-refractivity contribution in [3.05, 3.63) is 41.2 Å². The Hall–Kier alpha value is -2.99. The first-order valence-corrected chi connectivity index (χ1v) is 11.4. The van der Waals surface area contributed by atoms with Crippen molar-refractivity contribution in [2.45, 2.75) is 30.0 Å². The van der Waals surface area contributed by atoms with Gasteiger partial charge in [-0.15, -0.1) is 11.8 Å². The Labute approximate surface area is 192 Å². The number of nitrogens with zero attached hydrogens (tertiary/aromatic N) is 2. The van der Waals surface area contributed by atoms with Crippen molar-refractivity contribution < 1.29 is 33.8 Å². The summed E-state index contributed by atoms with van der Waals surface area (Å²) in [6.45, 7) is 0.688. The summed E-state index contributed by atoms with van der Waals surface area (Å²) in [5, 5.41) is 11.7. The maximum Gasteiger partial charge on any atom is 0.354 e. The van der Waals surface area contributed by atoms with Gasteiger partial charge in [-0.3, -0.25) is 29.0 Å². The van der Waals surface area contributed by atoms with Gasteiger partial charge in [0, 0.05) is 24.6 Å². The molecule has 1 unspecified atom stereocenters. The number of aliphatic carboxylic acids is 1. The number of hydrogen-bond acceptors (Lipinski definition) is 8. The van der Waals surface area contributed by atoms with Gasteiger partial charge in [0.25, 0.3) is 5.24 Å². The molecule has 0 saturated carbocycles. The second-order valence-corrected chi connectivity index (χ2v) is 9.03. The predicted octanol–water partition coefficient (Wildman–Crippen LogP) is 1.61. The average molecular weight is 480 g/mol. The van der Waals surface area contributed by atoms with Crippen LogP contribution in [0.15, 0.2) is 40.6 Å². The zero-order chi connectivity index (χ0) is 23.4. The molecule has 12 heteroatoms. The molecule has 3 rings (SSSR count). The Bertz CT molecular complexity index is 1010. The summed E-state index contributed by atoms with van der Waals surface area (Å²) in [4.78, 5) is 63.3. The number of hydrogen-bond donors (Lipinski definition) is 2. The molecule has 0 bridgehead atoms. The van der Waals surface area contributed by atoms with Crippen LogP contribution in [0.4, 0.5) is 4.79 Å². The highest BCUT2D eigenvalue weighted by Crippen LogP contribution is 2.41. The number of rotatable bonds is 7. The van der Waals surface area contributed by atoms with Crippen LogP contribution in [0.1, 0.15) is 18.9 Å². The maximum absolute atomic E-state index is 13.3. The Kier molecular flexibility index (Phi) is 7.46. The second kappa shape index (κ2) is 10.1. The molecule has 1 aromatic rings. The second-order valence-electron chi connectivity index (χ2n) is 6.84. The quantitative estimate of drug-likeness (QED) is 0.259. The standard InChI is InChI=1S/C20H21N3O7S2/c1-11(24)30-10-22(13-9-31-17-8-16(26)23(17)18(13)19(27)28)15(25)7-12-5-3-4-6-14(12)32-20(29)21-2/h3-6,17H,7-10H2,1-2H3,(H,21,29)(H,27,28). The summed E-state index contributed by atoms with van der Waals surface area (Å²) in [5.41, 5.74) is 0.366. The van der Waals surface area contributed by atoms with E-state index in [0.29, 0.717) is 10.5 Å². The summed E-state index contributed by atoms with van der Waals surface area (Å²) >= 11 is 2.26. The molecular formula is C20H21N3O7S2. The highest BCUT2D eigenvalue weighted by atomic mass is 32.2. The minimum atomic E-state index is -1.34. The van der Waals surface area contributed by atoms with Gasteiger partial charge in [0.2, 0.25) is 11.8 Å². The normalized spacial score (nSPS) is 17.2. The van der Waals surface area contributed by atoms with E-state index in [0.717, 1.165) is 21.6 Å². The molecule has 1 fully saturated rings. The molecule has 2 aliphatic heterocycles. The monoisotopic (exact) mass is 479 g/mol. The molecule has 0 radical (unpaired) electrons. The summed E-state index contributed by atoms with van der Waals surface area (Å²) in [5.74, 6) is -2.69. The number of benzene rings is 1. The Morgan fingerprint density at radius 1 is 1.31 bits per heavy atom. The number of β-lactam (4-membered cyclic amide) rings is 1. The zero-order valence-corrected chi connectivity index (χ0v) is 19.0. The van der Waals surface area contributed by atoms with Gasteiger partial charge in [0.1, 0.15) is 0 Å². The van der Waals surface area contributed by atoms with Crippen molar-refractivity contribution in [2.75, 3.05) is 19.5 Å². The van der Waals surface area contributed by atoms with Gasteiger partial charge in [-0.2, -0.15) is 0 Å². The van der Waals surface area contributed by atoms with Crippen LogP contribution < -0.4 is 5.32 Å². The first-order chi connectivity index (χ1) is 15.2. The number of carbonyl (C=O) groups is 5. The summed E-state index contributed by atoms with van der Waals surface area (Å²) < 4.78 is 5.02. The number of ether oxygens (including phenoxy) is 1. The predicted molar refractivity (Wildman–Crippen MR) is 116 cm³/mol. The molecule has 2 N–H and O–H groups in total. The molecule has 0 spiro atoms. The van der Waals surface area contributed by atoms with Gasteiger partial charge in [0.15, 0.2) is 12.4 Å². The van der Waals surface area contributed by atoms with E-state index in [9.17, 15) is 29.1 Å². The van der Waals surface area contributed by atoms with Crippen molar-refractivity contribution in [1.29, 1.82) is 0 Å². The largest absolute Gasteiger partial charge is 0.477 e. The lowest BCUT2D eigenvalue weighted by Crippen LogP contribution is -2.55. The van der Waals surface area contributed by atoms with Gasteiger partial charge < -0.3 is 15.2 Å². The van der Waals surface area contributed by atoms with Gasteiger partial charge in [-0.05, 0) is 23.4 Å². The Balaban J connectivity index is 1.94. The summed E-state index contributed by atoms with van der Waals surface area (Å²) in [6, 6.07) is 6.83. The van der Waals surface area contributed by atoms with E-state index < -0.39 is 24.6 Å². The van der Waals surface area contributed by atoms with Crippen LogP contribution in [0.2, 0.25) is 0 Å². The van der Waals surface area contributed by atoms with Gasteiger partial charge >= 0.3 is 11.9 Å². The van der Waals surface area contributed by atoms with Crippen molar-refractivity contribution in [3.8, 4) is 0 Å². The molecule has 2 aliphatic rings. The van der Waals surface area contributed by atoms with E-state index in [4.69, 9.17) is 4.74 Å². The zero-order valence-electron chi connectivity index (χ0n) is 17.3. The van der Waals surface area contributed by atoms with E-state index in [1.54, 1.807) is 24.3 Å². The first-order valence-electron chi connectivity index (χ1n) is 9.54. The van der Waals surface area contributed by atoms with Crippen LogP contribution in [0.5, 0.6) is 0 Å². The van der Waals surface area contributed by atoms with E-state index in [2.05, 4.69) is 5.32 Å². The number of esters is 1. The van der Waals surface area contributed by atoms with Crippen LogP contribution in [-0.2, 0) is 30.3 Å². The third-order valence-electron chi connectivity index (χ3n) is 4.78. The third kappa shape index (κ3) is 5.07. The number of carboxylic acid groups (broad SMARTS) is 1. The van der Waals surface area contributed by atoms with Crippen molar-refractivity contribution in [2.24, 2.45) is 0 Å². The minimum absolute atomic E-state index is 0.0921. The van der Waals surface area contributed by atoms with Crippen LogP contribution >= 0.6 is 23.5 Å². The van der Waals surface area contributed by atoms with E-state index in [1.165, 1.54) is 25.7 Å². The maximum atomic E-state index is 13.3. The fourth-order valence-electron chi connectivity index (χ4n) is 3.22. The number of carbonyl (C=O) groups excluding carboxylic acids is 4. The van der Waals surface area contributed by atoms with Crippen LogP contribution in [0.3, 0.4) is 0 Å². The minimum Gasteiger partial charge on any atom is -0.477 e. The molecule has 3 amide bonds. The van der Waals surface area contributed by atoms with Crippen LogP contribution in [-0.4, -0.2) is 68.8 Å². The number of amides is 3. The van der Waals surface area contributed by atoms with Crippen LogP contribution in [0, 0.1) is 0 Å². The summed E-state index contributed by atoms with van der Waals surface area (Å²) in [7, 11) is 1.49. The topological polar surface area (TPSA) is 133 Å². The number of nitrogens with one attached hydrogen (secondary N) is 1.